The molecule has 25 heavy (non-hydrogen) atoms. The van der Waals surface area contributed by atoms with E-state index in [0.29, 0.717) is 12.6 Å². The SMILES string of the molecule is CCO[C@@H]1C[C@@H](N(C)C(=O)NCc2nnc3n2CCC3)C12CCCC2. The van der Waals surface area contributed by atoms with E-state index < -0.39 is 0 Å². The molecule has 1 N–H and O–H groups in total. The molecule has 3 aliphatic rings. The zero-order chi connectivity index (χ0) is 17.4. The molecule has 1 aliphatic heterocycles. The van der Waals surface area contributed by atoms with Gasteiger partial charge in [-0.1, -0.05) is 12.8 Å². The summed E-state index contributed by atoms with van der Waals surface area (Å²) < 4.78 is 8.10. The molecule has 2 atom stereocenters. The highest BCUT2D eigenvalue weighted by Gasteiger charge is 2.58. The molecule has 2 saturated carbocycles. The number of amides is 2. The maximum Gasteiger partial charge on any atom is 0.317 e. The van der Waals surface area contributed by atoms with Crippen molar-refractivity contribution in [1.29, 1.82) is 0 Å². The zero-order valence-electron chi connectivity index (χ0n) is 15.3. The Morgan fingerprint density at radius 2 is 2.16 bits per heavy atom. The highest BCUT2D eigenvalue weighted by Crippen LogP contribution is 2.56. The molecule has 0 aromatic carbocycles. The maximum absolute atomic E-state index is 12.7. The van der Waals surface area contributed by atoms with Crippen LogP contribution in [0.4, 0.5) is 4.79 Å². The van der Waals surface area contributed by atoms with Crippen molar-refractivity contribution < 1.29 is 9.53 Å². The van der Waals surface area contributed by atoms with Gasteiger partial charge in [0.25, 0.3) is 0 Å². The third kappa shape index (κ3) is 2.72. The fraction of sp³-hybridized carbons (Fsp3) is 0.833. The van der Waals surface area contributed by atoms with E-state index in [-0.39, 0.29) is 17.5 Å². The number of urea groups is 1. The van der Waals surface area contributed by atoms with Crippen LogP contribution in [0.3, 0.4) is 0 Å². The van der Waals surface area contributed by atoms with Crippen LogP contribution < -0.4 is 5.32 Å². The third-order valence-electron chi connectivity index (χ3n) is 6.52. The van der Waals surface area contributed by atoms with Crippen LogP contribution >= 0.6 is 0 Å². The molecule has 1 aromatic rings. The van der Waals surface area contributed by atoms with E-state index in [2.05, 4.69) is 27.0 Å². The fourth-order valence-electron chi connectivity index (χ4n) is 5.16. The van der Waals surface area contributed by atoms with Crippen molar-refractivity contribution in [2.24, 2.45) is 5.41 Å². The van der Waals surface area contributed by atoms with Crippen LogP contribution in [-0.4, -0.2) is 51.5 Å². The number of nitrogens with zero attached hydrogens (tertiary/aromatic N) is 4. The van der Waals surface area contributed by atoms with E-state index in [9.17, 15) is 4.79 Å². The number of ether oxygens (including phenoxy) is 1. The van der Waals surface area contributed by atoms with Gasteiger partial charge in [0.2, 0.25) is 0 Å². The zero-order valence-corrected chi connectivity index (χ0v) is 15.3. The lowest BCUT2D eigenvalue weighted by Gasteiger charge is -2.56. The van der Waals surface area contributed by atoms with Gasteiger partial charge in [0.1, 0.15) is 5.82 Å². The van der Waals surface area contributed by atoms with Gasteiger partial charge in [0.05, 0.1) is 12.6 Å². The number of fused-ring (bicyclic) bond motifs is 1. The number of carbonyl (C=O) groups is 1. The molecular weight excluding hydrogens is 318 g/mol. The number of hydrogen-bond acceptors (Lipinski definition) is 4. The Morgan fingerprint density at radius 3 is 2.92 bits per heavy atom. The molecular formula is C18H29N5O2. The largest absolute Gasteiger partial charge is 0.378 e. The summed E-state index contributed by atoms with van der Waals surface area (Å²) in [6, 6.07) is 0.275. The van der Waals surface area contributed by atoms with Crippen molar-refractivity contribution in [3.05, 3.63) is 11.6 Å². The van der Waals surface area contributed by atoms with Gasteiger partial charge in [0.15, 0.2) is 5.82 Å². The second kappa shape index (κ2) is 6.59. The summed E-state index contributed by atoms with van der Waals surface area (Å²) in [5.41, 5.74) is 0.179. The predicted molar refractivity (Wildman–Crippen MR) is 93.1 cm³/mol. The van der Waals surface area contributed by atoms with E-state index >= 15 is 0 Å². The Hall–Kier alpha value is -1.63. The Kier molecular flexibility index (Phi) is 4.43. The minimum Gasteiger partial charge on any atom is -0.378 e. The van der Waals surface area contributed by atoms with Gasteiger partial charge in [0, 0.05) is 38.1 Å². The molecule has 0 saturated heterocycles. The summed E-state index contributed by atoms with van der Waals surface area (Å²) in [5, 5.41) is 11.5. The summed E-state index contributed by atoms with van der Waals surface area (Å²) in [6.07, 6.45) is 8.25. The normalized spacial score (nSPS) is 26.5. The Labute approximate surface area is 149 Å². The van der Waals surface area contributed by atoms with Crippen molar-refractivity contribution in [1.82, 2.24) is 25.0 Å². The Balaban J connectivity index is 1.37. The van der Waals surface area contributed by atoms with E-state index in [1.54, 1.807) is 0 Å². The van der Waals surface area contributed by atoms with Crippen LogP contribution in [-0.2, 0) is 24.2 Å². The quantitative estimate of drug-likeness (QED) is 0.885. The van der Waals surface area contributed by atoms with Gasteiger partial charge < -0.3 is 19.5 Å². The first-order valence-corrected chi connectivity index (χ1v) is 9.69. The second-order valence-electron chi connectivity index (χ2n) is 7.69. The van der Waals surface area contributed by atoms with Crippen LogP contribution in [0.1, 0.15) is 57.1 Å². The molecule has 2 aliphatic carbocycles. The van der Waals surface area contributed by atoms with E-state index in [4.69, 9.17) is 4.74 Å². The molecule has 2 amide bonds. The van der Waals surface area contributed by atoms with E-state index in [1.807, 2.05) is 11.9 Å². The topological polar surface area (TPSA) is 72.3 Å². The Bertz CT molecular complexity index is 637. The predicted octanol–water partition coefficient (Wildman–Crippen LogP) is 2.10. The third-order valence-corrected chi connectivity index (χ3v) is 6.52. The minimum absolute atomic E-state index is 0.0124. The second-order valence-corrected chi connectivity index (χ2v) is 7.69. The molecule has 2 heterocycles. The molecule has 138 valence electrons. The van der Waals surface area contributed by atoms with Crippen LogP contribution in [0.15, 0.2) is 0 Å². The molecule has 1 spiro atoms. The minimum atomic E-state index is -0.0124. The number of aromatic nitrogens is 3. The lowest BCUT2D eigenvalue weighted by Crippen LogP contribution is -2.65. The Morgan fingerprint density at radius 1 is 1.36 bits per heavy atom. The van der Waals surface area contributed by atoms with Gasteiger partial charge in [-0.25, -0.2) is 4.79 Å². The average molecular weight is 347 g/mol. The van der Waals surface area contributed by atoms with Gasteiger partial charge in [-0.2, -0.15) is 0 Å². The molecule has 2 fully saturated rings. The highest BCUT2D eigenvalue weighted by molar-refractivity contribution is 5.74. The van der Waals surface area contributed by atoms with E-state index in [1.165, 1.54) is 25.7 Å². The lowest BCUT2D eigenvalue weighted by atomic mass is 9.60. The first-order chi connectivity index (χ1) is 12.2. The summed E-state index contributed by atoms with van der Waals surface area (Å²) in [4.78, 5) is 14.6. The highest BCUT2D eigenvalue weighted by atomic mass is 16.5. The van der Waals surface area contributed by atoms with Gasteiger partial charge in [-0.3, -0.25) is 0 Å². The number of nitrogens with one attached hydrogen (secondary N) is 1. The van der Waals surface area contributed by atoms with Crippen LogP contribution in [0.25, 0.3) is 0 Å². The standard InChI is InChI=1S/C18H29N5O2/c1-3-25-14-11-13(18(14)8-4-5-9-18)22(2)17(24)19-12-16-21-20-15-7-6-10-23(15)16/h13-14H,3-12H2,1-2H3,(H,19,24)/t13-,14-/m1/s1. The molecule has 1 aromatic heterocycles. The summed E-state index contributed by atoms with van der Waals surface area (Å²) in [7, 11) is 1.93. The van der Waals surface area contributed by atoms with Crippen molar-refractivity contribution in [2.45, 2.75) is 77.1 Å². The van der Waals surface area contributed by atoms with Crippen molar-refractivity contribution in [3.63, 3.8) is 0 Å². The molecule has 0 radical (unpaired) electrons. The number of hydrogen-bond donors (Lipinski definition) is 1. The van der Waals surface area contributed by atoms with Crippen molar-refractivity contribution in [2.75, 3.05) is 13.7 Å². The van der Waals surface area contributed by atoms with Crippen LogP contribution in [0.2, 0.25) is 0 Å². The maximum atomic E-state index is 12.7. The van der Waals surface area contributed by atoms with Crippen molar-refractivity contribution >= 4 is 6.03 Å². The smallest absolute Gasteiger partial charge is 0.317 e. The van der Waals surface area contributed by atoms with Gasteiger partial charge in [-0.15, -0.1) is 10.2 Å². The molecule has 0 unspecified atom stereocenters. The average Bonchev–Trinajstić information content (AvgIpc) is 3.33. The number of rotatable bonds is 5. The molecule has 7 nitrogen and oxygen atoms in total. The number of carbonyl (C=O) groups excluding carboxylic acids is 1. The summed E-state index contributed by atoms with van der Waals surface area (Å²) >= 11 is 0. The number of aryl methyl sites for hydroxylation is 1. The van der Waals surface area contributed by atoms with Crippen LogP contribution in [0, 0.1) is 5.41 Å². The molecule has 4 rings (SSSR count). The monoisotopic (exact) mass is 347 g/mol. The summed E-state index contributed by atoms with van der Waals surface area (Å²) in [6.45, 7) is 4.23. The fourth-order valence-corrected chi connectivity index (χ4v) is 5.16. The van der Waals surface area contributed by atoms with Gasteiger partial charge in [-0.05, 0) is 32.6 Å². The molecule has 0 bridgehead atoms. The van der Waals surface area contributed by atoms with Gasteiger partial charge >= 0.3 is 6.03 Å². The van der Waals surface area contributed by atoms with Crippen molar-refractivity contribution in [3.8, 4) is 0 Å². The first-order valence-electron chi connectivity index (χ1n) is 9.69. The van der Waals surface area contributed by atoms with E-state index in [0.717, 1.165) is 44.1 Å². The first kappa shape index (κ1) is 16.8. The lowest BCUT2D eigenvalue weighted by molar-refractivity contribution is -0.151. The summed E-state index contributed by atoms with van der Waals surface area (Å²) in [5.74, 6) is 1.91. The molecule has 7 heteroatoms. The van der Waals surface area contributed by atoms with Crippen LogP contribution in [0.5, 0.6) is 0 Å².